The number of hydrogen-bond acceptors (Lipinski definition) is 2. The third kappa shape index (κ3) is 3.63. The Hall–Kier alpha value is -1.49. The summed E-state index contributed by atoms with van der Waals surface area (Å²) < 4.78 is 40.7. The Morgan fingerprint density at radius 1 is 1.40 bits per heavy atom. The molecule has 0 saturated heterocycles. The Kier molecular flexibility index (Phi) is 4.17. The molecule has 0 atom stereocenters. The van der Waals surface area contributed by atoms with E-state index in [-0.39, 0.29) is 17.9 Å². The number of ether oxygens (including phenoxy) is 1. The molecule has 0 saturated carbocycles. The number of aliphatic hydroxyl groups excluding tert-OH is 1. The second kappa shape index (κ2) is 5.41. The zero-order chi connectivity index (χ0) is 11.3. The molecule has 0 amide bonds. The first-order valence-electron chi connectivity index (χ1n) is 4.15. The van der Waals surface area contributed by atoms with Gasteiger partial charge in [-0.25, -0.2) is 4.39 Å². The fraction of sp³-hybridized carbons (Fsp3) is 0.200. The smallest absolute Gasteiger partial charge is 0.387 e. The van der Waals surface area contributed by atoms with Crippen LogP contribution in [0.4, 0.5) is 13.2 Å². The van der Waals surface area contributed by atoms with E-state index in [1.807, 2.05) is 0 Å². The molecule has 15 heavy (non-hydrogen) atoms. The van der Waals surface area contributed by atoms with Crippen molar-refractivity contribution < 1.29 is 23.0 Å². The maximum atomic E-state index is 13.2. The molecular formula is C10H9F3O2. The molecule has 0 aliphatic heterocycles. The number of benzene rings is 1. The highest BCUT2D eigenvalue weighted by molar-refractivity contribution is 5.51. The maximum absolute atomic E-state index is 13.2. The number of alkyl halides is 2. The van der Waals surface area contributed by atoms with E-state index in [1.54, 1.807) is 0 Å². The van der Waals surface area contributed by atoms with E-state index < -0.39 is 12.4 Å². The lowest BCUT2D eigenvalue weighted by Gasteiger charge is -2.05. The molecule has 0 spiro atoms. The second-order valence-electron chi connectivity index (χ2n) is 2.65. The molecule has 1 N–H and O–H groups in total. The normalized spacial score (nSPS) is 11.3. The zero-order valence-corrected chi connectivity index (χ0v) is 7.66. The van der Waals surface area contributed by atoms with Crippen molar-refractivity contribution in [3.63, 3.8) is 0 Å². The zero-order valence-electron chi connectivity index (χ0n) is 7.66. The molecule has 0 aliphatic carbocycles. The highest BCUT2D eigenvalue weighted by Gasteiger charge is 2.06. The lowest BCUT2D eigenvalue weighted by molar-refractivity contribution is -0.0499. The van der Waals surface area contributed by atoms with Gasteiger partial charge in [0.25, 0.3) is 0 Å². The minimum Gasteiger partial charge on any atom is -0.435 e. The van der Waals surface area contributed by atoms with Crippen LogP contribution in [-0.4, -0.2) is 18.3 Å². The molecule has 0 aliphatic rings. The molecule has 0 heterocycles. The Morgan fingerprint density at radius 3 is 2.67 bits per heavy atom. The van der Waals surface area contributed by atoms with Gasteiger partial charge < -0.3 is 9.84 Å². The summed E-state index contributed by atoms with van der Waals surface area (Å²) in [6, 6.07) is 3.38. The average molecular weight is 218 g/mol. The molecule has 1 aromatic carbocycles. The lowest BCUT2D eigenvalue weighted by atomic mass is 10.2. The van der Waals surface area contributed by atoms with Crippen molar-refractivity contribution in [2.75, 3.05) is 6.61 Å². The number of aliphatic hydroxyl groups is 1. The summed E-state index contributed by atoms with van der Waals surface area (Å²) in [4.78, 5) is 0. The summed E-state index contributed by atoms with van der Waals surface area (Å²) in [5.41, 5.74) is 0.200. The van der Waals surface area contributed by atoms with E-state index in [9.17, 15) is 13.2 Å². The predicted octanol–water partition coefficient (Wildman–Crippen LogP) is 2.43. The number of hydrogen-bond donors (Lipinski definition) is 1. The molecule has 82 valence electrons. The van der Waals surface area contributed by atoms with E-state index in [2.05, 4.69) is 4.74 Å². The summed E-state index contributed by atoms with van der Waals surface area (Å²) in [6.07, 6.45) is 2.69. The second-order valence-corrected chi connectivity index (χ2v) is 2.65. The molecule has 0 bridgehead atoms. The summed E-state index contributed by atoms with van der Waals surface area (Å²) in [5, 5.41) is 8.46. The Bertz CT molecular complexity index is 351. The first-order valence-corrected chi connectivity index (χ1v) is 4.15. The molecule has 5 heteroatoms. The van der Waals surface area contributed by atoms with Gasteiger partial charge in [0.1, 0.15) is 11.6 Å². The molecule has 2 nitrogen and oxygen atoms in total. The largest absolute Gasteiger partial charge is 0.435 e. The van der Waals surface area contributed by atoms with Crippen LogP contribution in [0, 0.1) is 5.82 Å². The van der Waals surface area contributed by atoms with Gasteiger partial charge in [-0.2, -0.15) is 8.78 Å². The SMILES string of the molecule is OC/C=C/c1ccc(OC(F)F)cc1F. The van der Waals surface area contributed by atoms with E-state index >= 15 is 0 Å². The van der Waals surface area contributed by atoms with Gasteiger partial charge in [0.15, 0.2) is 0 Å². The van der Waals surface area contributed by atoms with Crippen LogP contribution in [0.3, 0.4) is 0 Å². The van der Waals surface area contributed by atoms with Crippen molar-refractivity contribution in [3.8, 4) is 5.75 Å². The van der Waals surface area contributed by atoms with Crippen LogP contribution in [0.2, 0.25) is 0 Å². The van der Waals surface area contributed by atoms with Crippen molar-refractivity contribution in [1.82, 2.24) is 0 Å². The standard InChI is InChI=1S/C10H9F3O2/c11-9-6-8(15-10(12)13)4-3-7(9)2-1-5-14/h1-4,6,10,14H,5H2/b2-1+. The molecule has 0 fully saturated rings. The summed E-state index contributed by atoms with van der Waals surface area (Å²) in [6.45, 7) is -3.18. The highest BCUT2D eigenvalue weighted by atomic mass is 19.3. The van der Waals surface area contributed by atoms with E-state index in [0.29, 0.717) is 0 Å². The third-order valence-corrected chi connectivity index (χ3v) is 1.60. The third-order valence-electron chi connectivity index (χ3n) is 1.60. The molecular weight excluding hydrogens is 209 g/mol. The first kappa shape index (κ1) is 11.6. The monoisotopic (exact) mass is 218 g/mol. The van der Waals surface area contributed by atoms with Crippen LogP contribution in [-0.2, 0) is 0 Å². The highest BCUT2D eigenvalue weighted by Crippen LogP contribution is 2.19. The molecule has 0 unspecified atom stereocenters. The van der Waals surface area contributed by atoms with Gasteiger partial charge in [0.2, 0.25) is 0 Å². The molecule has 1 aromatic rings. The van der Waals surface area contributed by atoms with Gasteiger partial charge in [-0.05, 0) is 12.1 Å². The Balaban J connectivity index is 2.83. The summed E-state index contributed by atoms with van der Waals surface area (Å²) in [7, 11) is 0. The fourth-order valence-corrected chi connectivity index (χ4v) is 0.999. The van der Waals surface area contributed by atoms with Crippen molar-refractivity contribution in [1.29, 1.82) is 0 Å². The van der Waals surface area contributed by atoms with Crippen LogP contribution in [0.15, 0.2) is 24.3 Å². The van der Waals surface area contributed by atoms with Gasteiger partial charge in [0.05, 0.1) is 6.61 Å². The van der Waals surface area contributed by atoms with Gasteiger partial charge >= 0.3 is 6.61 Å². The van der Waals surface area contributed by atoms with Crippen molar-refractivity contribution in [3.05, 3.63) is 35.7 Å². The summed E-state index contributed by atoms with van der Waals surface area (Å²) in [5.74, 6) is -0.915. The van der Waals surface area contributed by atoms with Gasteiger partial charge in [0, 0.05) is 11.6 Å². The lowest BCUT2D eigenvalue weighted by Crippen LogP contribution is -2.02. The minimum absolute atomic E-state index is 0.200. The van der Waals surface area contributed by atoms with Gasteiger partial charge in [-0.3, -0.25) is 0 Å². The van der Waals surface area contributed by atoms with Crippen LogP contribution >= 0.6 is 0 Å². The topological polar surface area (TPSA) is 29.5 Å². The molecule has 1 rings (SSSR count). The molecule has 0 radical (unpaired) electrons. The van der Waals surface area contributed by atoms with Crippen LogP contribution in [0.1, 0.15) is 5.56 Å². The quantitative estimate of drug-likeness (QED) is 0.841. The van der Waals surface area contributed by atoms with Crippen LogP contribution in [0.25, 0.3) is 6.08 Å². The maximum Gasteiger partial charge on any atom is 0.387 e. The van der Waals surface area contributed by atoms with E-state index in [0.717, 1.165) is 6.07 Å². The van der Waals surface area contributed by atoms with Crippen LogP contribution < -0.4 is 4.74 Å². The van der Waals surface area contributed by atoms with Crippen molar-refractivity contribution in [2.45, 2.75) is 6.61 Å². The Labute approximate surface area is 84.6 Å². The van der Waals surface area contributed by atoms with Gasteiger partial charge in [-0.1, -0.05) is 12.2 Å². The van der Waals surface area contributed by atoms with E-state index in [4.69, 9.17) is 5.11 Å². The minimum atomic E-state index is -2.97. The molecule has 0 aromatic heterocycles. The van der Waals surface area contributed by atoms with Crippen molar-refractivity contribution in [2.24, 2.45) is 0 Å². The van der Waals surface area contributed by atoms with Gasteiger partial charge in [-0.15, -0.1) is 0 Å². The summed E-state index contributed by atoms with van der Waals surface area (Å²) >= 11 is 0. The fourth-order valence-electron chi connectivity index (χ4n) is 0.999. The van der Waals surface area contributed by atoms with Crippen LogP contribution in [0.5, 0.6) is 5.75 Å². The van der Waals surface area contributed by atoms with Crippen molar-refractivity contribution >= 4 is 6.08 Å². The Morgan fingerprint density at radius 2 is 2.13 bits per heavy atom. The predicted molar refractivity (Wildman–Crippen MR) is 49.2 cm³/mol. The van der Waals surface area contributed by atoms with E-state index in [1.165, 1.54) is 24.3 Å². The number of rotatable bonds is 4. The first-order chi connectivity index (χ1) is 7.13. The number of halogens is 3. The average Bonchev–Trinajstić information content (AvgIpc) is 2.15.